The Morgan fingerprint density at radius 3 is 2.71 bits per heavy atom. The number of rotatable bonds is 1. The molecule has 3 atom stereocenters. The van der Waals surface area contributed by atoms with Gasteiger partial charge in [-0.15, -0.1) is 11.8 Å². The highest BCUT2D eigenvalue weighted by molar-refractivity contribution is 8.01. The van der Waals surface area contributed by atoms with E-state index < -0.39 is 0 Å². The molecule has 3 fully saturated rings. The topological polar surface area (TPSA) is 12.0 Å². The molecule has 1 heterocycles. The Morgan fingerprint density at radius 2 is 2.07 bits per heavy atom. The van der Waals surface area contributed by atoms with E-state index in [9.17, 15) is 0 Å². The van der Waals surface area contributed by atoms with Crippen molar-refractivity contribution in [2.24, 2.45) is 11.8 Å². The van der Waals surface area contributed by atoms with E-state index in [1.807, 2.05) is 0 Å². The molecule has 0 aromatic rings. The molecule has 1 N–H and O–H groups in total. The van der Waals surface area contributed by atoms with Crippen molar-refractivity contribution in [2.45, 2.75) is 55.6 Å². The predicted molar refractivity (Wildman–Crippen MR) is 62.5 cm³/mol. The molecule has 80 valence electrons. The van der Waals surface area contributed by atoms with Gasteiger partial charge in [0.05, 0.1) is 4.87 Å². The summed E-state index contributed by atoms with van der Waals surface area (Å²) in [5.41, 5.74) is 0. The first-order chi connectivity index (χ1) is 6.77. The summed E-state index contributed by atoms with van der Waals surface area (Å²) < 4.78 is 0. The van der Waals surface area contributed by atoms with Gasteiger partial charge < -0.3 is 5.32 Å². The van der Waals surface area contributed by atoms with Crippen LogP contribution in [0.1, 0.15) is 45.4 Å². The van der Waals surface area contributed by atoms with E-state index in [0.717, 1.165) is 17.1 Å². The van der Waals surface area contributed by atoms with E-state index >= 15 is 0 Å². The second-order valence-electron chi connectivity index (χ2n) is 5.50. The molecule has 1 saturated heterocycles. The van der Waals surface area contributed by atoms with Gasteiger partial charge >= 0.3 is 0 Å². The van der Waals surface area contributed by atoms with Crippen LogP contribution in [0.3, 0.4) is 0 Å². The maximum Gasteiger partial charge on any atom is 0.0651 e. The molecule has 0 radical (unpaired) electrons. The van der Waals surface area contributed by atoms with E-state index in [1.54, 1.807) is 0 Å². The third kappa shape index (κ3) is 1.71. The van der Waals surface area contributed by atoms with Crippen molar-refractivity contribution in [1.82, 2.24) is 5.32 Å². The van der Waals surface area contributed by atoms with Crippen LogP contribution in [0.4, 0.5) is 0 Å². The molecule has 14 heavy (non-hydrogen) atoms. The monoisotopic (exact) mass is 211 g/mol. The van der Waals surface area contributed by atoms with Crippen LogP contribution in [-0.2, 0) is 0 Å². The van der Waals surface area contributed by atoms with Gasteiger partial charge in [0.25, 0.3) is 0 Å². The first kappa shape index (κ1) is 9.53. The molecule has 2 saturated carbocycles. The average Bonchev–Trinajstić information content (AvgIpc) is 2.95. The first-order valence-electron chi connectivity index (χ1n) is 6.20. The standard InChI is InChI=1S/C12H21NS/c1-9-8-13-12(14-9)6-2-3-11(7-12)10-4-5-10/h9-11,13H,2-8H2,1H3. The second kappa shape index (κ2) is 3.41. The number of hydrogen-bond acceptors (Lipinski definition) is 2. The summed E-state index contributed by atoms with van der Waals surface area (Å²) in [6, 6.07) is 0. The summed E-state index contributed by atoms with van der Waals surface area (Å²) in [5.74, 6) is 2.18. The van der Waals surface area contributed by atoms with Gasteiger partial charge in [0.2, 0.25) is 0 Å². The highest BCUT2D eigenvalue weighted by Gasteiger charge is 2.45. The van der Waals surface area contributed by atoms with Crippen LogP contribution in [0, 0.1) is 11.8 Å². The molecule has 3 unspecified atom stereocenters. The van der Waals surface area contributed by atoms with Gasteiger partial charge in [-0.1, -0.05) is 13.3 Å². The molecular formula is C12H21NS. The van der Waals surface area contributed by atoms with Crippen LogP contribution in [0.5, 0.6) is 0 Å². The zero-order valence-corrected chi connectivity index (χ0v) is 9.91. The lowest BCUT2D eigenvalue weighted by molar-refractivity contribution is 0.247. The quantitative estimate of drug-likeness (QED) is 0.715. The molecule has 0 bridgehead atoms. The summed E-state index contributed by atoms with van der Waals surface area (Å²) in [6.07, 6.45) is 8.93. The summed E-state index contributed by atoms with van der Waals surface area (Å²) in [5, 5.41) is 4.64. The molecule has 1 nitrogen and oxygen atoms in total. The zero-order chi connectivity index (χ0) is 9.60. The Balaban J connectivity index is 1.67. The Bertz CT molecular complexity index is 222. The Hall–Kier alpha value is 0.310. The second-order valence-corrected chi connectivity index (χ2v) is 7.32. The maximum absolute atomic E-state index is 3.80. The van der Waals surface area contributed by atoms with Crippen molar-refractivity contribution in [3.63, 3.8) is 0 Å². The largest absolute Gasteiger partial charge is 0.302 e. The molecule has 0 aromatic carbocycles. The van der Waals surface area contributed by atoms with Crippen LogP contribution in [0.2, 0.25) is 0 Å². The third-order valence-electron chi connectivity index (χ3n) is 4.17. The first-order valence-corrected chi connectivity index (χ1v) is 7.08. The lowest BCUT2D eigenvalue weighted by Gasteiger charge is -2.38. The van der Waals surface area contributed by atoms with E-state index in [4.69, 9.17) is 0 Å². The van der Waals surface area contributed by atoms with Crippen molar-refractivity contribution in [2.75, 3.05) is 6.54 Å². The van der Waals surface area contributed by atoms with Gasteiger partial charge in [-0.25, -0.2) is 0 Å². The van der Waals surface area contributed by atoms with E-state index in [0.29, 0.717) is 4.87 Å². The van der Waals surface area contributed by atoms with Crippen molar-refractivity contribution in [1.29, 1.82) is 0 Å². The van der Waals surface area contributed by atoms with Crippen molar-refractivity contribution in [3.8, 4) is 0 Å². The number of thioether (sulfide) groups is 1. The minimum atomic E-state index is 0.505. The van der Waals surface area contributed by atoms with E-state index in [1.165, 1.54) is 45.1 Å². The van der Waals surface area contributed by atoms with Gasteiger partial charge in [-0.05, 0) is 43.9 Å². The molecule has 0 amide bonds. The van der Waals surface area contributed by atoms with Crippen molar-refractivity contribution < 1.29 is 0 Å². The zero-order valence-electron chi connectivity index (χ0n) is 9.09. The van der Waals surface area contributed by atoms with Gasteiger partial charge in [-0.2, -0.15) is 0 Å². The summed E-state index contributed by atoms with van der Waals surface area (Å²) in [4.78, 5) is 0.505. The Morgan fingerprint density at radius 1 is 1.21 bits per heavy atom. The summed E-state index contributed by atoms with van der Waals surface area (Å²) in [6.45, 7) is 3.61. The van der Waals surface area contributed by atoms with Crippen molar-refractivity contribution in [3.05, 3.63) is 0 Å². The average molecular weight is 211 g/mol. The van der Waals surface area contributed by atoms with E-state index in [-0.39, 0.29) is 0 Å². The number of hydrogen-bond donors (Lipinski definition) is 1. The SMILES string of the molecule is CC1CNC2(CCCC(C3CC3)C2)S1. The normalized spacial score (nSPS) is 48.6. The number of nitrogens with one attached hydrogen (secondary N) is 1. The predicted octanol–water partition coefficient (Wildman–Crippen LogP) is 3.01. The molecular weight excluding hydrogens is 190 g/mol. The van der Waals surface area contributed by atoms with Gasteiger partial charge in [0, 0.05) is 11.8 Å². The van der Waals surface area contributed by atoms with Gasteiger partial charge in [-0.3, -0.25) is 0 Å². The molecule has 0 aromatic heterocycles. The van der Waals surface area contributed by atoms with Crippen LogP contribution < -0.4 is 5.32 Å². The van der Waals surface area contributed by atoms with Gasteiger partial charge in [0.15, 0.2) is 0 Å². The highest BCUT2D eigenvalue weighted by atomic mass is 32.2. The fraction of sp³-hybridized carbons (Fsp3) is 1.00. The smallest absolute Gasteiger partial charge is 0.0651 e. The molecule has 3 rings (SSSR count). The van der Waals surface area contributed by atoms with Crippen LogP contribution >= 0.6 is 11.8 Å². The summed E-state index contributed by atoms with van der Waals surface area (Å²) in [7, 11) is 0. The fourth-order valence-electron chi connectivity index (χ4n) is 3.31. The molecule has 2 aliphatic carbocycles. The molecule has 1 aliphatic heterocycles. The third-order valence-corrected chi connectivity index (χ3v) is 5.71. The van der Waals surface area contributed by atoms with Crippen LogP contribution in [0.25, 0.3) is 0 Å². The Kier molecular flexibility index (Phi) is 2.32. The summed E-state index contributed by atoms with van der Waals surface area (Å²) >= 11 is 2.23. The highest BCUT2D eigenvalue weighted by Crippen LogP contribution is 2.51. The maximum atomic E-state index is 3.80. The van der Waals surface area contributed by atoms with Crippen molar-refractivity contribution >= 4 is 11.8 Å². The lowest BCUT2D eigenvalue weighted by Crippen LogP contribution is -2.42. The van der Waals surface area contributed by atoms with Crippen LogP contribution in [0.15, 0.2) is 0 Å². The minimum Gasteiger partial charge on any atom is -0.302 e. The molecule has 2 heteroatoms. The molecule has 1 spiro atoms. The van der Waals surface area contributed by atoms with Crippen LogP contribution in [-0.4, -0.2) is 16.7 Å². The minimum absolute atomic E-state index is 0.505. The lowest BCUT2D eigenvalue weighted by atomic mass is 9.82. The van der Waals surface area contributed by atoms with E-state index in [2.05, 4.69) is 24.0 Å². The Labute approximate surface area is 91.4 Å². The molecule has 3 aliphatic rings. The fourth-order valence-corrected chi connectivity index (χ4v) is 4.99. The van der Waals surface area contributed by atoms with Gasteiger partial charge in [0.1, 0.15) is 0 Å².